The fourth-order valence-corrected chi connectivity index (χ4v) is 1.45. The van der Waals surface area contributed by atoms with Crippen LogP contribution in [-0.2, 0) is 6.61 Å². The molecule has 2 N–H and O–H groups in total. The van der Waals surface area contributed by atoms with Gasteiger partial charge in [0.25, 0.3) is 0 Å². The van der Waals surface area contributed by atoms with E-state index in [4.69, 9.17) is 14.8 Å². The van der Waals surface area contributed by atoms with Crippen LogP contribution in [-0.4, -0.2) is 22.2 Å². The number of ether oxygens (including phenoxy) is 1. The summed E-state index contributed by atoms with van der Waals surface area (Å²) in [6, 6.07) is 7.47. The van der Waals surface area contributed by atoms with Gasteiger partial charge in [-0.15, -0.1) is 0 Å². The van der Waals surface area contributed by atoms with Crippen LogP contribution in [0, 0.1) is 5.82 Å². The molecule has 0 aliphatic heterocycles. The van der Waals surface area contributed by atoms with Gasteiger partial charge >= 0.3 is 7.12 Å². The van der Waals surface area contributed by atoms with Crippen molar-refractivity contribution in [1.82, 2.24) is 4.98 Å². The standard InChI is InChI=1S/C12H11BFNO3/c14-12-7-10(1-2-11(12)13(16)17)18-8-9-3-5-15-6-4-9/h1-7,16-17H,8H2. The van der Waals surface area contributed by atoms with Gasteiger partial charge in [0, 0.05) is 23.9 Å². The highest BCUT2D eigenvalue weighted by atomic mass is 19.1. The molecule has 0 saturated carbocycles. The molecule has 0 spiro atoms. The SMILES string of the molecule is OB(O)c1ccc(OCc2ccncc2)cc1F. The number of nitrogens with zero attached hydrogens (tertiary/aromatic N) is 1. The molecule has 0 aliphatic carbocycles. The third-order valence-corrected chi connectivity index (χ3v) is 2.40. The third-order valence-electron chi connectivity index (χ3n) is 2.40. The maximum atomic E-state index is 13.4. The van der Waals surface area contributed by atoms with E-state index in [1.807, 2.05) is 0 Å². The Morgan fingerprint density at radius 1 is 1.17 bits per heavy atom. The summed E-state index contributed by atoms with van der Waals surface area (Å²) in [5, 5.41) is 17.7. The fraction of sp³-hybridized carbons (Fsp3) is 0.0833. The van der Waals surface area contributed by atoms with E-state index in [1.165, 1.54) is 12.1 Å². The van der Waals surface area contributed by atoms with Crippen molar-refractivity contribution in [2.24, 2.45) is 0 Å². The highest BCUT2D eigenvalue weighted by Crippen LogP contribution is 2.13. The summed E-state index contributed by atoms with van der Waals surface area (Å²) in [5.74, 6) is -0.383. The van der Waals surface area contributed by atoms with Gasteiger partial charge in [-0.1, -0.05) is 6.07 Å². The molecule has 2 aromatic rings. The van der Waals surface area contributed by atoms with Gasteiger partial charge in [-0.05, 0) is 23.8 Å². The highest BCUT2D eigenvalue weighted by molar-refractivity contribution is 6.58. The number of rotatable bonds is 4. The lowest BCUT2D eigenvalue weighted by Crippen LogP contribution is -2.32. The number of benzene rings is 1. The van der Waals surface area contributed by atoms with Crippen molar-refractivity contribution in [2.75, 3.05) is 0 Å². The molecule has 0 bridgehead atoms. The number of aromatic nitrogens is 1. The largest absolute Gasteiger partial charge is 0.491 e. The molecule has 2 rings (SSSR count). The number of pyridine rings is 1. The smallest absolute Gasteiger partial charge is 0.489 e. The van der Waals surface area contributed by atoms with Gasteiger partial charge in [0.1, 0.15) is 18.2 Å². The molecule has 0 atom stereocenters. The molecule has 92 valence electrons. The molecule has 0 unspecified atom stereocenters. The van der Waals surface area contributed by atoms with Crippen LogP contribution in [0.3, 0.4) is 0 Å². The maximum Gasteiger partial charge on any atom is 0.491 e. The van der Waals surface area contributed by atoms with Gasteiger partial charge in [-0.2, -0.15) is 0 Å². The summed E-state index contributed by atoms with van der Waals surface area (Å²) in [7, 11) is -1.82. The molecule has 6 heteroatoms. The topological polar surface area (TPSA) is 62.6 Å². The third kappa shape index (κ3) is 3.06. The van der Waals surface area contributed by atoms with Crippen molar-refractivity contribution in [2.45, 2.75) is 6.61 Å². The molecule has 0 saturated heterocycles. The Labute approximate surface area is 104 Å². The Balaban J connectivity index is 2.05. The first-order valence-electron chi connectivity index (χ1n) is 5.34. The lowest BCUT2D eigenvalue weighted by Gasteiger charge is -2.08. The normalized spacial score (nSPS) is 10.2. The molecule has 0 radical (unpaired) electrons. The van der Waals surface area contributed by atoms with Crippen LogP contribution in [0.1, 0.15) is 5.56 Å². The predicted octanol–water partition coefficient (Wildman–Crippen LogP) is 0.479. The van der Waals surface area contributed by atoms with Crippen LogP contribution >= 0.6 is 0 Å². The molecular weight excluding hydrogens is 236 g/mol. The Bertz CT molecular complexity index is 522. The minimum atomic E-state index is -1.82. The molecule has 0 amide bonds. The molecule has 1 aromatic heterocycles. The zero-order valence-corrected chi connectivity index (χ0v) is 9.45. The maximum absolute atomic E-state index is 13.4. The Morgan fingerprint density at radius 3 is 2.50 bits per heavy atom. The van der Waals surface area contributed by atoms with E-state index in [1.54, 1.807) is 24.5 Å². The number of hydrogen-bond acceptors (Lipinski definition) is 4. The van der Waals surface area contributed by atoms with Gasteiger partial charge in [-0.3, -0.25) is 4.98 Å². The molecule has 1 aromatic carbocycles. The second-order valence-electron chi connectivity index (χ2n) is 3.70. The minimum absolute atomic E-state index is 0.175. The summed E-state index contributed by atoms with van der Waals surface area (Å²) < 4.78 is 18.8. The molecule has 4 nitrogen and oxygen atoms in total. The Hall–Kier alpha value is -1.92. The van der Waals surface area contributed by atoms with E-state index < -0.39 is 12.9 Å². The van der Waals surface area contributed by atoms with E-state index in [2.05, 4.69) is 4.98 Å². The van der Waals surface area contributed by atoms with E-state index >= 15 is 0 Å². The number of hydrogen-bond donors (Lipinski definition) is 2. The lowest BCUT2D eigenvalue weighted by atomic mass is 9.80. The van der Waals surface area contributed by atoms with Crippen molar-refractivity contribution >= 4 is 12.6 Å². The number of halogens is 1. The molecule has 1 heterocycles. The van der Waals surface area contributed by atoms with Crippen LogP contribution in [0.15, 0.2) is 42.7 Å². The van der Waals surface area contributed by atoms with Gasteiger partial charge in [0.05, 0.1) is 0 Å². The van der Waals surface area contributed by atoms with E-state index in [0.29, 0.717) is 12.4 Å². The van der Waals surface area contributed by atoms with E-state index in [0.717, 1.165) is 11.6 Å². The first-order valence-corrected chi connectivity index (χ1v) is 5.34. The van der Waals surface area contributed by atoms with Crippen LogP contribution in [0.2, 0.25) is 0 Å². The van der Waals surface area contributed by atoms with Gasteiger partial charge < -0.3 is 14.8 Å². The van der Waals surface area contributed by atoms with Crippen LogP contribution < -0.4 is 10.2 Å². The first kappa shape index (κ1) is 12.5. The highest BCUT2D eigenvalue weighted by Gasteiger charge is 2.16. The van der Waals surface area contributed by atoms with Crippen molar-refractivity contribution in [3.63, 3.8) is 0 Å². The minimum Gasteiger partial charge on any atom is -0.489 e. The summed E-state index contributed by atoms with van der Waals surface area (Å²) in [6.07, 6.45) is 3.29. The molecule has 18 heavy (non-hydrogen) atoms. The average Bonchev–Trinajstić information content (AvgIpc) is 2.37. The first-order chi connectivity index (χ1) is 8.66. The lowest BCUT2D eigenvalue weighted by molar-refractivity contribution is 0.304. The zero-order chi connectivity index (χ0) is 13.0. The van der Waals surface area contributed by atoms with Crippen molar-refractivity contribution in [1.29, 1.82) is 0 Å². The van der Waals surface area contributed by atoms with Gasteiger partial charge in [-0.25, -0.2) is 4.39 Å². The van der Waals surface area contributed by atoms with Crippen LogP contribution in [0.25, 0.3) is 0 Å². The van der Waals surface area contributed by atoms with Crippen LogP contribution in [0.5, 0.6) is 5.75 Å². The van der Waals surface area contributed by atoms with Crippen molar-refractivity contribution < 1.29 is 19.2 Å². The second kappa shape index (κ2) is 5.62. The van der Waals surface area contributed by atoms with E-state index in [9.17, 15) is 4.39 Å². The van der Waals surface area contributed by atoms with Crippen molar-refractivity contribution in [3.8, 4) is 5.75 Å². The van der Waals surface area contributed by atoms with Gasteiger partial charge in [0.2, 0.25) is 0 Å². The van der Waals surface area contributed by atoms with E-state index in [-0.39, 0.29) is 5.46 Å². The van der Waals surface area contributed by atoms with Crippen LogP contribution in [0.4, 0.5) is 4.39 Å². The molecular formula is C12H11BFNO3. The second-order valence-corrected chi connectivity index (χ2v) is 3.70. The summed E-state index contributed by atoms with van der Waals surface area (Å²) in [6.45, 7) is 0.295. The Morgan fingerprint density at radius 2 is 1.89 bits per heavy atom. The molecule has 0 fully saturated rings. The summed E-state index contributed by atoms with van der Waals surface area (Å²) in [4.78, 5) is 3.87. The summed E-state index contributed by atoms with van der Waals surface area (Å²) >= 11 is 0. The zero-order valence-electron chi connectivity index (χ0n) is 9.45. The Kier molecular flexibility index (Phi) is 3.91. The monoisotopic (exact) mass is 247 g/mol. The summed E-state index contributed by atoms with van der Waals surface area (Å²) in [5.41, 5.74) is 0.739. The van der Waals surface area contributed by atoms with Crippen molar-refractivity contribution in [3.05, 3.63) is 54.1 Å². The van der Waals surface area contributed by atoms with Gasteiger partial charge in [0.15, 0.2) is 0 Å². The quantitative estimate of drug-likeness (QED) is 0.771. The molecule has 0 aliphatic rings. The average molecular weight is 247 g/mol. The fourth-order valence-electron chi connectivity index (χ4n) is 1.45. The predicted molar refractivity (Wildman–Crippen MR) is 64.8 cm³/mol.